The predicted molar refractivity (Wildman–Crippen MR) is 349 cm³/mol. The van der Waals surface area contributed by atoms with Gasteiger partial charge < -0.3 is 33.8 Å². The van der Waals surface area contributed by atoms with Gasteiger partial charge in [-0.2, -0.15) is 0 Å². The molecule has 6 atom stereocenters. The molecule has 0 bridgehead atoms. The second kappa shape index (κ2) is 61.6. The van der Waals surface area contributed by atoms with Crippen LogP contribution in [0.5, 0.6) is 0 Å². The maximum absolute atomic E-state index is 13.0. The Morgan fingerprint density at radius 2 is 0.552 bits per heavy atom. The maximum Gasteiger partial charge on any atom is 0.472 e. The van der Waals surface area contributed by atoms with E-state index in [1.54, 1.807) is 0 Å². The zero-order valence-corrected chi connectivity index (χ0v) is 57.9. The highest BCUT2D eigenvalue weighted by Crippen LogP contribution is 2.45. The summed E-state index contributed by atoms with van der Waals surface area (Å²) in [7, 11) is -9.89. The molecule has 0 aromatic rings. The van der Waals surface area contributed by atoms with Crippen molar-refractivity contribution in [3.8, 4) is 0 Å². The molecular formula is C68H132O17P2. The van der Waals surface area contributed by atoms with Crippen molar-refractivity contribution in [3.05, 3.63) is 0 Å². The van der Waals surface area contributed by atoms with Crippen LogP contribution in [0.3, 0.4) is 0 Å². The third-order valence-electron chi connectivity index (χ3n) is 16.1. The first kappa shape index (κ1) is 85.1. The summed E-state index contributed by atoms with van der Waals surface area (Å²) in [6, 6.07) is 0. The molecule has 0 radical (unpaired) electrons. The van der Waals surface area contributed by atoms with Crippen molar-refractivity contribution in [2.75, 3.05) is 39.6 Å². The van der Waals surface area contributed by atoms with Crippen molar-refractivity contribution in [2.24, 2.45) is 5.92 Å². The van der Waals surface area contributed by atoms with Gasteiger partial charge in [-0.15, -0.1) is 0 Å². The van der Waals surface area contributed by atoms with Crippen LogP contribution in [0, 0.1) is 5.92 Å². The van der Waals surface area contributed by atoms with Gasteiger partial charge in [-0.1, -0.05) is 298 Å². The molecular weight excluding hydrogens is 1150 g/mol. The highest BCUT2D eigenvalue weighted by Gasteiger charge is 2.30. The van der Waals surface area contributed by atoms with Gasteiger partial charge in [0.25, 0.3) is 0 Å². The Morgan fingerprint density at radius 1 is 0.322 bits per heavy atom. The summed E-state index contributed by atoms with van der Waals surface area (Å²) in [6.07, 6.45) is 47.2. The molecule has 17 nitrogen and oxygen atoms in total. The number of hydrogen-bond donors (Lipinski definition) is 3. The van der Waals surface area contributed by atoms with E-state index in [0.29, 0.717) is 25.7 Å². The summed E-state index contributed by atoms with van der Waals surface area (Å²) in [4.78, 5) is 72.3. The summed E-state index contributed by atoms with van der Waals surface area (Å²) >= 11 is 0. The first-order valence-corrected chi connectivity index (χ1v) is 38.7. The molecule has 0 aromatic carbocycles. The van der Waals surface area contributed by atoms with Crippen LogP contribution in [-0.4, -0.2) is 96.7 Å². The van der Waals surface area contributed by atoms with Crippen LogP contribution in [0.4, 0.5) is 0 Å². The molecule has 0 aromatic heterocycles. The van der Waals surface area contributed by atoms with E-state index in [4.69, 9.17) is 37.0 Å². The number of ether oxygens (including phenoxy) is 4. The molecule has 0 heterocycles. The van der Waals surface area contributed by atoms with Gasteiger partial charge in [0, 0.05) is 25.7 Å². The van der Waals surface area contributed by atoms with Gasteiger partial charge in [-0.25, -0.2) is 9.13 Å². The van der Waals surface area contributed by atoms with Crippen LogP contribution in [-0.2, 0) is 65.4 Å². The number of rotatable bonds is 68. The van der Waals surface area contributed by atoms with Crippen LogP contribution in [0.2, 0.25) is 0 Å². The average Bonchev–Trinajstić information content (AvgIpc) is 3.61. The van der Waals surface area contributed by atoms with E-state index in [1.807, 2.05) is 0 Å². The third-order valence-corrected chi connectivity index (χ3v) is 18.0. The number of hydrogen-bond acceptors (Lipinski definition) is 15. The maximum atomic E-state index is 13.0. The predicted octanol–water partition coefficient (Wildman–Crippen LogP) is 19.4. The summed E-state index contributed by atoms with van der Waals surface area (Å²) < 4.78 is 68.1. The fourth-order valence-electron chi connectivity index (χ4n) is 10.3. The van der Waals surface area contributed by atoms with Gasteiger partial charge in [0.05, 0.1) is 26.4 Å². The zero-order valence-electron chi connectivity index (χ0n) is 56.2. The van der Waals surface area contributed by atoms with Crippen LogP contribution < -0.4 is 0 Å². The van der Waals surface area contributed by atoms with E-state index < -0.39 is 97.5 Å². The van der Waals surface area contributed by atoms with Gasteiger partial charge in [-0.05, 0) is 31.6 Å². The first-order chi connectivity index (χ1) is 42.1. The Morgan fingerprint density at radius 3 is 0.816 bits per heavy atom. The van der Waals surface area contributed by atoms with E-state index >= 15 is 0 Å². The van der Waals surface area contributed by atoms with E-state index in [1.165, 1.54) is 161 Å². The summed E-state index contributed by atoms with van der Waals surface area (Å²) in [5, 5.41) is 10.6. The zero-order chi connectivity index (χ0) is 64.2. The fourth-order valence-corrected chi connectivity index (χ4v) is 11.8. The Bertz CT molecular complexity index is 1690. The average molecular weight is 1280 g/mol. The van der Waals surface area contributed by atoms with Gasteiger partial charge >= 0.3 is 39.5 Å². The minimum absolute atomic E-state index is 0.107. The standard InChI is InChI=1S/C68H132O17P2/c1-6-10-13-16-19-21-23-24-25-26-27-28-30-32-39-44-49-54-68(73)85-64(58-79-66(71)52-47-42-37-34-33-36-40-45-50-61(5)9-4)60-83-87(76,77)81-56-62(69)55-80-86(74,75)82-59-63(57-78-65(70)51-46-41-35-18-15-12-8-3)84-67(72)53-48-43-38-31-29-22-20-17-14-11-7-2/h61-64,69H,6-60H2,1-5H3,(H,74,75)(H,76,77)/t61?,62-,63+,64+/m0/s1. The van der Waals surface area contributed by atoms with Crippen molar-refractivity contribution in [1.82, 2.24) is 0 Å². The number of esters is 4. The minimum Gasteiger partial charge on any atom is -0.462 e. The molecule has 3 N–H and O–H groups in total. The second-order valence-corrected chi connectivity index (χ2v) is 27.7. The van der Waals surface area contributed by atoms with Gasteiger partial charge in [0.2, 0.25) is 0 Å². The third kappa shape index (κ3) is 61.3. The van der Waals surface area contributed by atoms with Crippen molar-refractivity contribution in [1.29, 1.82) is 0 Å². The van der Waals surface area contributed by atoms with Crippen LogP contribution in [0.1, 0.15) is 349 Å². The lowest BCUT2D eigenvalue weighted by Gasteiger charge is -2.21. The van der Waals surface area contributed by atoms with Gasteiger partial charge in [0.15, 0.2) is 12.2 Å². The van der Waals surface area contributed by atoms with Gasteiger partial charge in [0.1, 0.15) is 19.3 Å². The lowest BCUT2D eigenvalue weighted by Crippen LogP contribution is -2.30. The normalized spacial score (nSPS) is 14.4. The van der Waals surface area contributed by atoms with E-state index in [9.17, 15) is 43.2 Å². The molecule has 0 rings (SSSR count). The van der Waals surface area contributed by atoms with E-state index in [2.05, 4.69) is 34.6 Å². The SMILES string of the molecule is CCCCCCCCCCCCCCCCCCCC(=O)O[C@H](COC(=O)CCCCCCCCCCC(C)CC)COP(=O)(O)OC[C@@H](O)COP(=O)(O)OC[C@@H](COC(=O)CCCCCCCCC)OC(=O)CCCCCCCCCCCCC. The molecule has 19 heteroatoms. The van der Waals surface area contributed by atoms with Crippen LogP contribution in [0.15, 0.2) is 0 Å². The Labute approximate surface area is 530 Å². The summed E-state index contributed by atoms with van der Waals surface area (Å²) in [5.41, 5.74) is 0. The van der Waals surface area contributed by atoms with Crippen molar-refractivity contribution in [2.45, 2.75) is 368 Å². The fraction of sp³-hybridized carbons (Fsp3) is 0.941. The second-order valence-electron chi connectivity index (χ2n) is 24.8. The number of aliphatic hydroxyl groups excluding tert-OH is 1. The smallest absolute Gasteiger partial charge is 0.462 e. The molecule has 0 aliphatic heterocycles. The topological polar surface area (TPSA) is 237 Å². The molecule has 0 amide bonds. The summed E-state index contributed by atoms with van der Waals surface area (Å²) in [5.74, 6) is -1.35. The molecule has 3 unspecified atom stereocenters. The van der Waals surface area contributed by atoms with Crippen molar-refractivity contribution in [3.63, 3.8) is 0 Å². The van der Waals surface area contributed by atoms with Crippen molar-refractivity contribution >= 4 is 39.5 Å². The molecule has 0 aliphatic carbocycles. The number of carbonyl (C=O) groups excluding carboxylic acids is 4. The van der Waals surface area contributed by atoms with E-state index in [0.717, 1.165) is 109 Å². The number of phosphoric ester groups is 2. The minimum atomic E-state index is -4.95. The highest BCUT2D eigenvalue weighted by atomic mass is 31.2. The quantitative estimate of drug-likeness (QED) is 0.0222. The first-order valence-electron chi connectivity index (χ1n) is 35.7. The Kier molecular flexibility index (Phi) is 60.2. The van der Waals surface area contributed by atoms with Crippen LogP contribution >= 0.6 is 15.6 Å². The van der Waals surface area contributed by atoms with Gasteiger partial charge in [-0.3, -0.25) is 37.3 Å². The molecule has 87 heavy (non-hydrogen) atoms. The molecule has 0 saturated heterocycles. The number of unbranched alkanes of at least 4 members (excludes halogenated alkanes) is 39. The lowest BCUT2D eigenvalue weighted by atomic mass is 9.99. The molecule has 0 spiro atoms. The number of phosphoric acid groups is 2. The number of aliphatic hydroxyl groups is 1. The summed E-state index contributed by atoms with van der Waals surface area (Å²) in [6.45, 7) is 7.19. The molecule has 0 saturated carbocycles. The monoisotopic (exact) mass is 1280 g/mol. The largest absolute Gasteiger partial charge is 0.472 e. The molecule has 0 aliphatic rings. The van der Waals surface area contributed by atoms with Crippen molar-refractivity contribution < 1.29 is 80.2 Å². The number of carbonyl (C=O) groups is 4. The Balaban J connectivity index is 5.20. The lowest BCUT2D eigenvalue weighted by molar-refractivity contribution is -0.161. The highest BCUT2D eigenvalue weighted by molar-refractivity contribution is 7.47. The van der Waals surface area contributed by atoms with Crippen LogP contribution in [0.25, 0.3) is 0 Å². The molecule has 0 fully saturated rings. The molecule has 516 valence electrons. The Hall–Kier alpha value is -1.94. The van der Waals surface area contributed by atoms with E-state index in [-0.39, 0.29) is 25.7 Å².